The standard InChI is InChI=1S/C11H21N3S/c1-3-13-10(2)4-6-12-7-5-11-8-15-9-14-11/h8-10,12-13H,3-7H2,1-2H3. The summed E-state index contributed by atoms with van der Waals surface area (Å²) < 4.78 is 0. The Bertz CT molecular complexity index is 236. The van der Waals surface area contributed by atoms with Gasteiger partial charge in [0.1, 0.15) is 0 Å². The Morgan fingerprint density at radius 2 is 2.33 bits per heavy atom. The minimum Gasteiger partial charge on any atom is -0.316 e. The SMILES string of the molecule is CCNC(C)CCNCCc1cscn1. The van der Waals surface area contributed by atoms with Crippen molar-refractivity contribution < 1.29 is 0 Å². The van der Waals surface area contributed by atoms with Crippen LogP contribution in [0.2, 0.25) is 0 Å². The van der Waals surface area contributed by atoms with Crippen molar-refractivity contribution in [3.8, 4) is 0 Å². The molecule has 0 aliphatic rings. The summed E-state index contributed by atoms with van der Waals surface area (Å²) in [5.41, 5.74) is 3.09. The number of hydrogen-bond donors (Lipinski definition) is 2. The van der Waals surface area contributed by atoms with Gasteiger partial charge in [0.2, 0.25) is 0 Å². The molecule has 4 heteroatoms. The van der Waals surface area contributed by atoms with Gasteiger partial charge in [0, 0.05) is 24.4 Å². The van der Waals surface area contributed by atoms with Crippen LogP contribution in [0.1, 0.15) is 26.0 Å². The van der Waals surface area contributed by atoms with Crippen molar-refractivity contribution in [1.29, 1.82) is 0 Å². The molecule has 0 amide bonds. The van der Waals surface area contributed by atoms with E-state index in [2.05, 4.69) is 34.8 Å². The van der Waals surface area contributed by atoms with E-state index in [9.17, 15) is 0 Å². The molecule has 0 spiro atoms. The summed E-state index contributed by atoms with van der Waals surface area (Å²) in [7, 11) is 0. The van der Waals surface area contributed by atoms with Crippen LogP contribution < -0.4 is 10.6 Å². The maximum Gasteiger partial charge on any atom is 0.0794 e. The van der Waals surface area contributed by atoms with E-state index in [0.29, 0.717) is 6.04 Å². The lowest BCUT2D eigenvalue weighted by atomic mass is 10.2. The Hall–Kier alpha value is -0.450. The fourth-order valence-electron chi connectivity index (χ4n) is 1.47. The van der Waals surface area contributed by atoms with Gasteiger partial charge in [-0.2, -0.15) is 0 Å². The van der Waals surface area contributed by atoms with Crippen molar-refractivity contribution in [3.63, 3.8) is 0 Å². The molecule has 1 heterocycles. The molecule has 86 valence electrons. The van der Waals surface area contributed by atoms with Crippen molar-refractivity contribution in [2.45, 2.75) is 32.7 Å². The van der Waals surface area contributed by atoms with Gasteiger partial charge in [0.05, 0.1) is 11.2 Å². The predicted octanol–water partition coefficient (Wildman–Crippen LogP) is 1.66. The van der Waals surface area contributed by atoms with Crippen LogP contribution in [0.3, 0.4) is 0 Å². The highest BCUT2D eigenvalue weighted by molar-refractivity contribution is 7.07. The summed E-state index contributed by atoms with van der Waals surface area (Å²) in [5, 5.41) is 8.95. The molecule has 0 aromatic carbocycles. The molecule has 2 N–H and O–H groups in total. The first-order valence-corrected chi connectivity index (χ1v) is 6.58. The van der Waals surface area contributed by atoms with Gasteiger partial charge in [-0.1, -0.05) is 6.92 Å². The molecule has 0 aliphatic carbocycles. The van der Waals surface area contributed by atoms with Gasteiger partial charge in [-0.25, -0.2) is 4.98 Å². The topological polar surface area (TPSA) is 37.0 Å². The number of rotatable bonds is 8. The third kappa shape index (κ3) is 5.87. The number of nitrogens with zero attached hydrogens (tertiary/aromatic N) is 1. The summed E-state index contributed by atoms with van der Waals surface area (Å²) in [5.74, 6) is 0. The van der Waals surface area contributed by atoms with E-state index >= 15 is 0 Å². The molecule has 1 atom stereocenters. The highest BCUT2D eigenvalue weighted by atomic mass is 32.1. The van der Waals surface area contributed by atoms with E-state index in [0.717, 1.165) is 26.1 Å². The normalized spacial score (nSPS) is 12.9. The minimum atomic E-state index is 0.613. The molecule has 1 aromatic rings. The average Bonchev–Trinajstić information content (AvgIpc) is 2.70. The number of thiazole rings is 1. The van der Waals surface area contributed by atoms with Gasteiger partial charge in [-0.05, 0) is 26.4 Å². The van der Waals surface area contributed by atoms with E-state index in [1.807, 2.05) is 5.51 Å². The molecule has 15 heavy (non-hydrogen) atoms. The fourth-order valence-corrected chi connectivity index (χ4v) is 2.06. The van der Waals surface area contributed by atoms with Crippen molar-refractivity contribution in [1.82, 2.24) is 15.6 Å². The largest absolute Gasteiger partial charge is 0.316 e. The summed E-state index contributed by atoms with van der Waals surface area (Å²) in [4.78, 5) is 4.24. The van der Waals surface area contributed by atoms with Gasteiger partial charge in [-0.3, -0.25) is 0 Å². The second-order valence-electron chi connectivity index (χ2n) is 3.73. The zero-order chi connectivity index (χ0) is 10.9. The molecule has 0 aliphatic heterocycles. The lowest BCUT2D eigenvalue weighted by Gasteiger charge is -2.12. The third-order valence-corrected chi connectivity index (χ3v) is 2.98. The van der Waals surface area contributed by atoms with E-state index in [1.165, 1.54) is 12.1 Å². The monoisotopic (exact) mass is 227 g/mol. The first-order valence-electron chi connectivity index (χ1n) is 5.64. The highest BCUT2D eigenvalue weighted by Crippen LogP contribution is 2.00. The zero-order valence-corrected chi connectivity index (χ0v) is 10.4. The number of aromatic nitrogens is 1. The van der Waals surface area contributed by atoms with Crippen LogP contribution in [-0.2, 0) is 6.42 Å². The molecule has 0 fully saturated rings. The van der Waals surface area contributed by atoms with Crippen molar-refractivity contribution in [2.24, 2.45) is 0 Å². The second kappa shape index (κ2) is 7.79. The summed E-state index contributed by atoms with van der Waals surface area (Å²) in [6.45, 7) is 7.54. The van der Waals surface area contributed by atoms with Gasteiger partial charge in [-0.15, -0.1) is 11.3 Å². The van der Waals surface area contributed by atoms with E-state index in [1.54, 1.807) is 11.3 Å². The molecule has 0 saturated heterocycles. The molecule has 0 radical (unpaired) electrons. The summed E-state index contributed by atoms with van der Waals surface area (Å²) in [6.07, 6.45) is 2.23. The summed E-state index contributed by atoms with van der Waals surface area (Å²) in [6, 6.07) is 0.613. The van der Waals surface area contributed by atoms with Crippen molar-refractivity contribution in [3.05, 3.63) is 16.6 Å². The molecule has 0 saturated carbocycles. The van der Waals surface area contributed by atoms with Crippen LogP contribution in [0.4, 0.5) is 0 Å². The molecule has 1 aromatic heterocycles. The van der Waals surface area contributed by atoms with Gasteiger partial charge in [0.15, 0.2) is 0 Å². The maximum absolute atomic E-state index is 4.24. The first-order chi connectivity index (χ1) is 7.33. The van der Waals surface area contributed by atoms with Gasteiger partial charge < -0.3 is 10.6 Å². The number of nitrogens with one attached hydrogen (secondary N) is 2. The zero-order valence-electron chi connectivity index (χ0n) is 9.62. The Balaban J connectivity index is 1.93. The lowest BCUT2D eigenvalue weighted by molar-refractivity contribution is 0.505. The fraction of sp³-hybridized carbons (Fsp3) is 0.727. The Morgan fingerprint density at radius 3 is 3.00 bits per heavy atom. The molecule has 0 bridgehead atoms. The molecule has 1 unspecified atom stereocenters. The van der Waals surface area contributed by atoms with Crippen LogP contribution >= 0.6 is 11.3 Å². The predicted molar refractivity (Wildman–Crippen MR) is 66.4 cm³/mol. The van der Waals surface area contributed by atoms with E-state index in [-0.39, 0.29) is 0 Å². The molecule has 3 nitrogen and oxygen atoms in total. The molecular weight excluding hydrogens is 206 g/mol. The Labute approximate surface area is 96.3 Å². The van der Waals surface area contributed by atoms with Crippen molar-refractivity contribution in [2.75, 3.05) is 19.6 Å². The van der Waals surface area contributed by atoms with Crippen LogP contribution in [-0.4, -0.2) is 30.7 Å². The maximum atomic E-state index is 4.24. The Morgan fingerprint density at radius 1 is 1.47 bits per heavy atom. The third-order valence-electron chi connectivity index (χ3n) is 2.35. The van der Waals surface area contributed by atoms with E-state index < -0.39 is 0 Å². The summed E-state index contributed by atoms with van der Waals surface area (Å²) >= 11 is 1.67. The van der Waals surface area contributed by atoms with Crippen LogP contribution in [0.5, 0.6) is 0 Å². The van der Waals surface area contributed by atoms with Crippen LogP contribution in [0, 0.1) is 0 Å². The average molecular weight is 227 g/mol. The minimum absolute atomic E-state index is 0.613. The van der Waals surface area contributed by atoms with Crippen molar-refractivity contribution >= 4 is 11.3 Å². The van der Waals surface area contributed by atoms with Gasteiger partial charge in [0.25, 0.3) is 0 Å². The smallest absolute Gasteiger partial charge is 0.0794 e. The lowest BCUT2D eigenvalue weighted by Crippen LogP contribution is -2.30. The Kier molecular flexibility index (Phi) is 6.55. The molecular formula is C11H21N3S. The first kappa shape index (κ1) is 12.6. The molecule has 1 rings (SSSR count). The highest BCUT2D eigenvalue weighted by Gasteiger charge is 1.98. The van der Waals surface area contributed by atoms with Crippen LogP contribution in [0.15, 0.2) is 10.9 Å². The second-order valence-corrected chi connectivity index (χ2v) is 4.45. The van der Waals surface area contributed by atoms with E-state index in [4.69, 9.17) is 0 Å². The number of hydrogen-bond acceptors (Lipinski definition) is 4. The van der Waals surface area contributed by atoms with Gasteiger partial charge >= 0.3 is 0 Å². The quantitative estimate of drug-likeness (QED) is 0.663. The van der Waals surface area contributed by atoms with Crippen LogP contribution in [0.25, 0.3) is 0 Å².